The van der Waals surface area contributed by atoms with Gasteiger partial charge in [-0.2, -0.15) is 0 Å². The van der Waals surface area contributed by atoms with Gasteiger partial charge in [0, 0.05) is 35.4 Å². The van der Waals surface area contributed by atoms with Gasteiger partial charge in [0.05, 0.1) is 0 Å². The van der Waals surface area contributed by atoms with Crippen LogP contribution in [-0.4, -0.2) is 35.6 Å². The minimum absolute atomic E-state index is 0.146. The number of benzene rings is 1. The Labute approximate surface area is 142 Å². The van der Waals surface area contributed by atoms with Crippen molar-refractivity contribution in [1.29, 1.82) is 0 Å². The summed E-state index contributed by atoms with van der Waals surface area (Å²) in [4.78, 5) is 14.8. The number of rotatable bonds is 4. The van der Waals surface area contributed by atoms with Crippen LogP contribution in [0.4, 0.5) is 10.5 Å². The zero-order valence-corrected chi connectivity index (χ0v) is 14.1. The lowest BCUT2D eigenvalue weighted by Crippen LogP contribution is -2.57. The Hall–Kier alpha value is -1.52. The molecule has 5 heteroatoms. The predicted molar refractivity (Wildman–Crippen MR) is 95.0 cm³/mol. The second-order valence-electron chi connectivity index (χ2n) is 6.50. The molecule has 0 saturated carbocycles. The van der Waals surface area contributed by atoms with Crippen LogP contribution >= 0.6 is 11.6 Å². The van der Waals surface area contributed by atoms with Crippen LogP contribution in [0.1, 0.15) is 32.1 Å². The minimum atomic E-state index is -0.146. The summed E-state index contributed by atoms with van der Waals surface area (Å²) in [5.41, 5.74) is 0.722. The second-order valence-corrected chi connectivity index (χ2v) is 6.94. The van der Waals surface area contributed by atoms with E-state index in [4.69, 9.17) is 11.6 Å². The van der Waals surface area contributed by atoms with Gasteiger partial charge in [-0.1, -0.05) is 30.2 Å². The largest absolute Gasteiger partial charge is 0.335 e. The van der Waals surface area contributed by atoms with Gasteiger partial charge in [-0.3, -0.25) is 4.90 Å². The monoisotopic (exact) mass is 333 g/mol. The summed E-state index contributed by atoms with van der Waals surface area (Å²) in [7, 11) is 0. The number of nitrogens with one attached hydrogen (secondary N) is 2. The predicted octanol–water partition coefficient (Wildman–Crippen LogP) is 4.03. The van der Waals surface area contributed by atoms with Crippen molar-refractivity contribution in [3.05, 3.63) is 41.9 Å². The highest BCUT2D eigenvalue weighted by Gasteiger charge is 2.37. The van der Waals surface area contributed by atoms with Gasteiger partial charge in [-0.15, -0.1) is 6.58 Å². The molecule has 1 aromatic rings. The molecule has 2 amide bonds. The number of hydrogen-bond donors (Lipinski definition) is 2. The number of fused-ring (bicyclic) bond motifs is 2. The average Bonchev–Trinajstić information content (AvgIpc) is 2.48. The minimum Gasteiger partial charge on any atom is -0.335 e. The normalized spacial score (nSPS) is 27.3. The number of anilines is 1. The Balaban J connectivity index is 1.56. The van der Waals surface area contributed by atoms with Crippen molar-refractivity contribution in [2.45, 2.75) is 50.2 Å². The van der Waals surface area contributed by atoms with Crippen LogP contribution in [0.2, 0.25) is 5.02 Å². The molecule has 2 N–H and O–H groups in total. The first-order valence-electron chi connectivity index (χ1n) is 8.35. The van der Waals surface area contributed by atoms with Gasteiger partial charge < -0.3 is 10.6 Å². The van der Waals surface area contributed by atoms with E-state index in [-0.39, 0.29) is 12.1 Å². The van der Waals surface area contributed by atoms with E-state index in [1.54, 1.807) is 12.1 Å². The topological polar surface area (TPSA) is 44.4 Å². The van der Waals surface area contributed by atoms with Crippen LogP contribution in [-0.2, 0) is 0 Å². The molecule has 0 spiro atoms. The highest BCUT2D eigenvalue weighted by molar-refractivity contribution is 6.30. The first-order chi connectivity index (χ1) is 11.2. The molecule has 3 rings (SSSR count). The Morgan fingerprint density at radius 1 is 1.35 bits per heavy atom. The maximum Gasteiger partial charge on any atom is 0.319 e. The van der Waals surface area contributed by atoms with Crippen molar-refractivity contribution in [1.82, 2.24) is 10.2 Å². The number of carbonyl (C=O) groups is 1. The van der Waals surface area contributed by atoms with Crippen LogP contribution in [0.5, 0.6) is 0 Å². The lowest BCUT2D eigenvalue weighted by atomic mass is 9.82. The number of urea groups is 1. The molecular formula is C18H24ClN3O. The van der Waals surface area contributed by atoms with Crippen LogP contribution in [0.25, 0.3) is 0 Å². The summed E-state index contributed by atoms with van der Waals surface area (Å²) in [5, 5.41) is 6.62. The molecular weight excluding hydrogens is 310 g/mol. The second kappa shape index (κ2) is 7.37. The van der Waals surface area contributed by atoms with Crippen molar-refractivity contribution in [2.75, 3.05) is 11.9 Å². The van der Waals surface area contributed by atoms with Crippen molar-refractivity contribution in [2.24, 2.45) is 0 Å². The van der Waals surface area contributed by atoms with E-state index < -0.39 is 0 Å². The summed E-state index contributed by atoms with van der Waals surface area (Å²) in [6, 6.07) is 8.44. The SMILES string of the molecule is C=CCN1C2CCCC1CC(NC(=O)Nc1cccc(Cl)c1)C2. The lowest BCUT2D eigenvalue weighted by molar-refractivity contribution is 0.0375. The fourth-order valence-corrected chi connectivity index (χ4v) is 4.15. The first-order valence-corrected chi connectivity index (χ1v) is 8.73. The average molecular weight is 334 g/mol. The molecule has 2 fully saturated rings. The molecule has 4 nitrogen and oxygen atoms in total. The Bertz CT molecular complexity index is 563. The van der Waals surface area contributed by atoms with E-state index in [2.05, 4.69) is 22.1 Å². The van der Waals surface area contributed by atoms with Gasteiger partial charge >= 0.3 is 6.03 Å². The number of carbonyl (C=O) groups excluding carboxylic acids is 1. The summed E-state index contributed by atoms with van der Waals surface area (Å²) in [6.07, 6.45) is 7.77. The maximum atomic E-state index is 12.2. The molecule has 1 aromatic carbocycles. The summed E-state index contributed by atoms with van der Waals surface area (Å²) >= 11 is 5.95. The quantitative estimate of drug-likeness (QED) is 0.817. The van der Waals surface area contributed by atoms with E-state index in [0.717, 1.165) is 25.1 Å². The third-order valence-electron chi connectivity index (χ3n) is 4.88. The van der Waals surface area contributed by atoms with Crippen LogP contribution in [0.15, 0.2) is 36.9 Å². The van der Waals surface area contributed by atoms with Gasteiger partial charge in [-0.25, -0.2) is 4.79 Å². The summed E-state index contributed by atoms with van der Waals surface area (Å²) in [6.45, 7) is 4.83. The molecule has 2 aliphatic rings. The molecule has 2 heterocycles. The fourth-order valence-electron chi connectivity index (χ4n) is 3.96. The fraction of sp³-hybridized carbons (Fsp3) is 0.500. The molecule has 2 unspecified atom stereocenters. The number of nitrogens with zero attached hydrogens (tertiary/aromatic N) is 1. The molecule has 0 aromatic heterocycles. The number of amides is 2. The third kappa shape index (κ3) is 4.06. The summed E-state index contributed by atoms with van der Waals surface area (Å²) < 4.78 is 0. The van der Waals surface area contributed by atoms with Crippen LogP contribution in [0, 0.1) is 0 Å². The van der Waals surface area contributed by atoms with Crippen molar-refractivity contribution in [3.63, 3.8) is 0 Å². The van der Waals surface area contributed by atoms with E-state index in [0.29, 0.717) is 17.1 Å². The van der Waals surface area contributed by atoms with E-state index in [9.17, 15) is 4.79 Å². The highest BCUT2D eigenvalue weighted by Crippen LogP contribution is 2.33. The lowest BCUT2D eigenvalue weighted by Gasteiger charge is -2.48. The zero-order valence-electron chi connectivity index (χ0n) is 13.3. The van der Waals surface area contributed by atoms with Crippen LogP contribution < -0.4 is 10.6 Å². The molecule has 2 aliphatic heterocycles. The standard InChI is InChI=1S/C18H24ClN3O/c1-2-9-22-16-7-4-8-17(22)12-15(11-16)21-18(23)20-14-6-3-5-13(19)10-14/h2-3,5-6,10,15-17H,1,4,7-9,11-12H2,(H2,20,21,23). The number of piperidine rings is 2. The Kier molecular flexibility index (Phi) is 5.23. The molecule has 0 radical (unpaired) electrons. The van der Waals surface area contributed by atoms with E-state index >= 15 is 0 Å². The van der Waals surface area contributed by atoms with E-state index in [1.807, 2.05) is 18.2 Å². The zero-order chi connectivity index (χ0) is 16.2. The maximum absolute atomic E-state index is 12.2. The van der Waals surface area contributed by atoms with Gasteiger partial charge in [0.1, 0.15) is 0 Å². The molecule has 2 atom stereocenters. The highest BCUT2D eigenvalue weighted by atomic mass is 35.5. The van der Waals surface area contributed by atoms with Gasteiger partial charge in [-0.05, 0) is 43.9 Å². The molecule has 23 heavy (non-hydrogen) atoms. The molecule has 124 valence electrons. The molecule has 2 saturated heterocycles. The molecule has 2 bridgehead atoms. The summed E-state index contributed by atoms with van der Waals surface area (Å²) in [5.74, 6) is 0. The van der Waals surface area contributed by atoms with E-state index in [1.165, 1.54) is 19.3 Å². The first kappa shape index (κ1) is 16.3. The van der Waals surface area contributed by atoms with Crippen molar-refractivity contribution in [3.8, 4) is 0 Å². The van der Waals surface area contributed by atoms with Gasteiger partial charge in [0.2, 0.25) is 0 Å². The van der Waals surface area contributed by atoms with Gasteiger partial charge in [0.15, 0.2) is 0 Å². The number of hydrogen-bond acceptors (Lipinski definition) is 2. The Morgan fingerprint density at radius 2 is 2.09 bits per heavy atom. The van der Waals surface area contributed by atoms with Crippen molar-refractivity contribution < 1.29 is 4.79 Å². The number of halogens is 1. The third-order valence-corrected chi connectivity index (χ3v) is 5.12. The van der Waals surface area contributed by atoms with Gasteiger partial charge in [0.25, 0.3) is 0 Å². The Morgan fingerprint density at radius 3 is 2.74 bits per heavy atom. The smallest absolute Gasteiger partial charge is 0.319 e. The van der Waals surface area contributed by atoms with Crippen LogP contribution in [0.3, 0.4) is 0 Å². The van der Waals surface area contributed by atoms with Crippen molar-refractivity contribution >= 4 is 23.3 Å². The molecule has 0 aliphatic carbocycles.